The van der Waals surface area contributed by atoms with Gasteiger partial charge in [0.15, 0.2) is 5.96 Å². The predicted octanol–water partition coefficient (Wildman–Crippen LogP) is 2.45. The fraction of sp³-hybridized carbons (Fsp3) is 0.682. The summed E-state index contributed by atoms with van der Waals surface area (Å²) in [4.78, 5) is 11.8. The highest BCUT2D eigenvalue weighted by molar-refractivity contribution is 14.0. The van der Waals surface area contributed by atoms with Crippen molar-refractivity contribution in [2.45, 2.75) is 31.8 Å². The Morgan fingerprint density at radius 3 is 2.48 bits per heavy atom. The molecule has 29 heavy (non-hydrogen) atoms. The fourth-order valence-electron chi connectivity index (χ4n) is 4.27. The molecule has 1 N–H and O–H groups in total. The van der Waals surface area contributed by atoms with Gasteiger partial charge in [-0.05, 0) is 38.1 Å². The molecule has 2 atom stereocenters. The average Bonchev–Trinajstić information content (AvgIpc) is 3.22. The van der Waals surface area contributed by atoms with Crippen LogP contribution < -0.4 is 5.32 Å². The molecule has 1 aromatic rings. The lowest BCUT2D eigenvalue weighted by molar-refractivity contribution is 0.0195. The Hall–Kier alpha value is -0.900. The summed E-state index contributed by atoms with van der Waals surface area (Å²) in [6.07, 6.45) is 2.29. The van der Waals surface area contributed by atoms with Crippen molar-refractivity contribution in [3.05, 3.63) is 35.4 Å². The van der Waals surface area contributed by atoms with Gasteiger partial charge in [-0.1, -0.05) is 31.2 Å². The molecule has 0 bridgehead atoms. The number of hydrogen-bond acceptors (Lipinski definition) is 4. The third kappa shape index (κ3) is 6.54. The van der Waals surface area contributed by atoms with Crippen LogP contribution in [0.4, 0.5) is 0 Å². The van der Waals surface area contributed by atoms with Crippen molar-refractivity contribution in [2.24, 2.45) is 4.99 Å². The molecule has 2 heterocycles. The number of benzene rings is 1. The lowest BCUT2D eigenvalue weighted by Crippen LogP contribution is -2.47. The molecule has 0 radical (unpaired) electrons. The molecule has 0 spiro atoms. The number of guanidine groups is 1. The maximum Gasteiger partial charge on any atom is 0.193 e. The fourth-order valence-corrected chi connectivity index (χ4v) is 4.27. The van der Waals surface area contributed by atoms with Crippen LogP contribution in [0, 0.1) is 0 Å². The molecular weight excluding hydrogens is 477 g/mol. The van der Waals surface area contributed by atoms with Crippen LogP contribution in [0.2, 0.25) is 0 Å². The molecule has 164 valence electrons. The van der Waals surface area contributed by atoms with Gasteiger partial charge in [0.1, 0.15) is 0 Å². The Bertz CT molecular complexity index is 631. The van der Waals surface area contributed by atoms with Gasteiger partial charge in [-0.2, -0.15) is 0 Å². The van der Waals surface area contributed by atoms with E-state index in [1.54, 1.807) is 0 Å². The van der Waals surface area contributed by atoms with Crippen molar-refractivity contribution in [3.63, 3.8) is 0 Å². The number of likely N-dealkylation sites (tertiary alicyclic amines) is 1. The Labute approximate surface area is 193 Å². The van der Waals surface area contributed by atoms with E-state index in [2.05, 4.69) is 70.3 Å². The van der Waals surface area contributed by atoms with Crippen LogP contribution in [0.1, 0.15) is 30.5 Å². The van der Waals surface area contributed by atoms with Gasteiger partial charge in [0.25, 0.3) is 0 Å². The first-order valence-corrected chi connectivity index (χ1v) is 10.6. The van der Waals surface area contributed by atoms with Gasteiger partial charge in [-0.15, -0.1) is 24.0 Å². The maximum atomic E-state index is 5.50. The molecule has 2 saturated heterocycles. The molecule has 6 nitrogen and oxygen atoms in total. The largest absolute Gasteiger partial charge is 0.379 e. The van der Waals surface area contributed by atoms with E-state index < -0.39 is 0 Å². The van der Waals surface area contributed by atoms with Crippen molar-refractivity contribution in [3.8, 4) is 0 Å². The minimum absolute atomic E-state index is 0. The summed E-state index contributed by atoms with van der Waals surface area (Å²) < 4.78 is 5.50. The van der Waals surface area contributed by atoms with Gasteiger partial charge in [0, 0.05) is 45.8 Å². The Kier molecular flexibility index (Phi) is 10.1. The number of aryl methyl sites for hydroxylation is 1. The van der Waals surface area contributed by atoms with E-state index in [9.17, 15) is 0 Å². The zero-order valence-corrected chi connectivity index (χ0v) is 20.8. The first-order chi connectivity index (χ1) is 13.6. The average molecular weight is 515 g/mol. The van der Waals surface area contributed by atoms with Gasteiger partial charge in [0.05, 0.1) is 19.3 Å². The molecule has 0 aliphatic carbocycles. The monoisotopic (exact) mass is 515 g/mol. The summed E-state index contributed by atoms with van der Waals surface area (Å²) >= 11 is 0. The van der Waals surface area contributed by atoms with E-state index in [1.807, 2.05) is 7.05 Å². The SMILES string of the molecule is CCc1ccc(C(CNC(=NC)N2CCC(N3CCOCC3)C2)N(C)C)cc1.I. The standard InChI is InChI=1S/C22H37N5O.HI/c1-5-18-6-8-19(9-7-18)21(25(3)4)16-24-22(23-2)27-11-10-20(17-27)26-12-14-28-15-13-26;/h6-9,20-21H,5,10-17H2,1-4H3,(H,23,24);1H. The van der Waals surface area contributed by atoms with E-state index in [-0.39, 0.29) is 24.0 Å². The second-order valence-electron chi connectivity index (χ2n) is 8.04. The molecule has 7 heteroatoms. The van der Waals surface area contributed by atoms with Crippen LogP contribution in [0.3, 0.4) is 0 Å². The van der Waals surface area contributed by atoms with Crippen molar-refractivity contribution in [1.29, 1.82) is 0 Å². The van der Waals surface area contributed by atoms with Crippen LogP contribution in [0.15, 0.2) is 29.3 Å². The van der Waals surface area contributed by atoms with E-state index in [0.29, 0.717) is 12.1 Å². The number of nitrogens with one attached hydrogen (secondary N) is 1. The zero-order chi connectivity index (χ0) is 19.9. The van der Waals surface area contributed by atoms with Crippen LogP contribution >= 0.6 is 24.0 Å². The topological polar surface area (TPSA) is 43.3 Å². The Morgan fingerprint density at radius 2 is 1.90 bits per heavy atom. The summed E-state index contributed by atoms with van der Waals surface area (Å²) in [6.45, 7) is 9.02. The van der Waals surface area contributed by atoms with E-state index in [0.717, 1.165) is 58.3 Å². The number of hydrogen-bond donors (Lipinski definition) is 1. The van der Waals surface area contributed by atoms with Gasteiger partial charge < -0.3 is 19.9 Å². The zero-order valence-electron chi connectivity index (χ0n) is 18.4. The van der Waals surface area contributed by atoms with E-state index in [1.165, 1.54) is 17.5 Å². The highest BCUT2D eigenvalue weighted by Crippen LogP contribution is 2.20. The summed E-state index contributed by atoms with van der Waals surface area (Å²) in [7, 11) is 6.19. The molecule has 0 aromatic heterocycles. The van der Waals surface area contributed by atoms with E-state index >= 15 is 0 Å². The van der Waals surface area contributed by atoms with Gasteiger partial charge in [-0.25, -0.2) is 0 Å². The summed E-state index contributed by atoms with van der Waals surface area (Å²) in [5.74, 6) is 1.02. The molecule has 2 aliphatic rings. The predicted molar refractivity (Wildman–Crippen MR) is 131 cm³/mol. The minimum Gasteiger partial charge on any atom is -0.379 e. The number of aliphatic imine (C=N–C) groups is 1. The minimum atomic E-state index is 0. The van der Waals surface area contributed by atoms with Crippen LogP contribution in [-0.2, 0) is 11.2 Å². The molecule has 0 amide bonds. The van der Waals surface area contributed by atoms with Crippen molar-refractivity contribution in [1.82, 2.24) is 20.0 Å². The number of halogens is 1. The van der Waals surface area contributed by atoms with E-state index in [4.69, 9.17) is 4.74 Å². The number of nitrogens with zero attached hydrogens (tertiary/aromatic N) is 4. The third-order valence-electron chi connectivity index (χ3n) is 6.09. The smallest absolute Gasteiger partial charge is 0.193 e. The summed E-state index contributed by atoms with van der Waals surface area (Å²) in [5.41, 5.74) is 2.73. The Balaban J connectivity index is 0.00000300. The normalized spacial score (nSPS) is 21.9. The number of morpholine rings is 1. The maximum absolute atomic E-state index is 5.50. The molecule has 2 unspecified atom stereocenters. The first-order valence-electron chi connectivity index (χ1n) is 10.6. The molecule has 2 aliphatic heterocycles. The molecule has 3 rings (SSSR count). The van der Waals surface area contributed by atoms with Crippen molar-refractivity contribution >= 4 is 29.9 Å². The number of ether oxygens (including phenoxy) is 1. The first kappa shape index (κ1) is 24.4. The second-order valence-corrected chi connectivity index (χ2v) is 8.04. The third-order valence-corrected chi connectivity index (χ3v) is 6.09. The van der Waals surface area contributed by atoms with Crippen LogP contribution in [-0.4, -0.2) is 93.8 Å². The lowest BCUT2D eigenvalue weighted by Gasteiger charge is -2.32. The lowest BCUT2D eigenvalue weighted by atomic mass is 10.0. The van der Waals surface area contributed by atoms with Gasteiger partial charge in [-0.3, -0.25) is 9.89 Å². The highest BCUT2D eigenvalue weighted by atomic mass is 127. The summed E-state index contributed by atoms with van der Waals surface area (Å²) in [5, 5.41) is 3.63. The van der Waals surface area contributed by atoms with Crippen LogP contribution in [0.25, 0.3) is 0 Å². The van der Waals surface area contributed by atoms with Crippen molar-refractivity contribution < 1.29 is 4.74 Å². The van der Waals surface area contributed by atoms with Gasteiger partial charge in [0.2, 0.25) is 0 Å². The quantitative estimate of drug-likeness (QED) is 0.358. The second kappa shape index (κ2) is 12.1. The molecule has 0 saturated carbocycles. The number of rotatable bonds is 6. The van der Waals surface area contributed by atoms with Crippen LogP contribution in [0.5, 0.6) is 0 Å². The Morgan fingerprint density at radius 1 is 1.21 bits per heavy atom. The number of likely N-dealkylation sites (N-methyl/N-ethyl adjacent to an activating group) is 1. The summed E-state index contributed by atoms with van der Waals surface area (Å²) in [6, 6.07) is 9.95. The molecule has 2 fully saturated rings. The highest BCUT2D eigenvalue weighted by Gasteiger charge is 2.30. The molecular formula is C22H38IN5O. The molecule has 1 aromatic carbocycles. The van der Waals surface area contributed by atoms with Gasteiger partial charge >= 0.3 is 0 Å². The van der Waals surface area contributed by atoms with Crippen molar-refractivity contribution in [2.75, 3.05) is 67.1 Å².